The Labute approximate surface area is 162 Å². The molecule has 0 aliphatic carbocycles. The Hall–Kier alpha value is -3.17. The van der Waals surface area contributed by atoms with Crippen molar-refractivity contribution in [2.24, 2.45) is 7.05 Å². The summed E-state index contributed by atoms with van der Waals surface area (Å²) in [6.45, 7) is 3.76. The van der Waals surface area contributed by atoms with Gasteiger partial charge in [-0.3, -0.25) is 4.79 Å². The van der Waals surface area contributed by atoms with Crippen LogP contribution in [0.5, 0.6) is 5.75 Å². The van der Waals surface area contributed by atoms with Crippen LogP contribution in [0, 0.1) is 25.2 Å². The number of hydrogen-bond acceptors (Lipinski definition) is 5. The van der Waals surface area contributed by atoms with Crippen LogP contribution in [0.15, 0.2) is 36.4 Å². The Balaban J connectivity index is 1.85. The van der Waals surface area contributed by atoms with E-state index in [-0.39, 0.29) is 5.78 Å². The molecule has 2 aromatic heterocycles. The van der Waals surface area contributed by atoms with Gasteiger partial charge in [-0.25, -0.2) is 4.98 Å². The number of thiazole rings is 1. The van der Waals surface area contributed by atoms with E-state index in [9.17, 15) is 4.79 Å². The van der Waals surface area contributed by atoms with Crippen molar-refractivity contribution in [3.63, 3.8) is 0 Å². The molecule has 0 saturated heterocycles. The van der Waals surface area contributed by atoms with Crippen molar-refractivity contribution in [1.29, 1.82) is 5.26 Å². The summed E-state index contributed by atoms with van der Waals surface area (Å²) in [5.41, 5.74) is 4.03. The van der Waals surface area contributed by atoms with E-state index in [4.69, 9.17) is 10.00 Å². The molecule has 1 aromatic carbocycles. The van der Waals surface area contributed by atoms with Gasteiger partial charge in [-0.1, -0.05) is 0 Å². The molecule has 3 aromatic rings. The maximum Gasteiger partial charge on any atom is 0.197 e. The normalized spacial score (nSPS) is 10.9. The molecule has 0 N–H and O–H groups in total. The van der Waals surface area contributed by atoms with Gasteiger partial charge in [0.2, 0.25) is 0 Å². The third kappa shape index (κ3) is 3.69. The fourth-order valence-corrected chi connectivity index (χ4v) is 3.71. The number of methoxy groups -OCH3 is 1. The van der Waals surface area contributed by atoms with Gasteiger partial charge in [-0.2, -0.15) is 5.26 Å². The minimum absolute atomic E-state index is 0.0912. The quantitative estimate of drug-likeness (QED) is 0.483. The van der Waals surface area contributed by atoms with Crippen molar-refractivity contribution < 1.29 is 9.53 Å². The van der Waals surface area contributed by atoms with Gasteiger partial charge in [0.05, 0.1) is 17.7 Å². The van der Waals surface area contributed by atoms with E-state index < -0.39 is 0 Å². The number of ketones is 1. The molecule has 0 atom stereocenters. The van der Waals surface area contributed by atoms with Crippen molar-refractivity contribution >= 4 is 23.2 Å². The summed E-state index contributed by atoms with van der Waals surface area (Å²) in [7, 11) is 3.46. The molecule has 27 heavy (non-hydrogen) atoms. The first-order valence-electron chi connectivity index (χ1n) is 8.35. The van der Waals surface area contributed by atoms with Crippen molar-refractivity contribution in [2.75, 3.05) is 7.11 Å². The van der Waals surface area contributed by atoms with Crippen LogP contribution in [-0.2, 0) is 7.05 Å². The van der Waals surface area contributed by atoms with E-state index in [1.807, 2.05) is 49.7 Å². The Morgan fingerprint density at radius 2 is 2.00 bits per heavy atom. The highest BCUT2D eigenvalue weighted by Gasteiger charge is 2.15. The van der Waals surface area contributed by atoms with Crippen LogP contribution < -0.4 is 4.74 Å². The smallest absolute Gasteiger partial charge is 0.197 e. The molecular formula is C21H19N3O2S. The van der Waals surface area contributed by atoms with Crippen LogP contribution >= 0.6 is 11.3 Å². The number of rotatable bonds is 5. The van der Waals surface area contributed by atoms with Crippen LogP contribution in [0.1, 0.15) is 32.3 Å². The summed E-state index contributed by atoms with van der Waals surface area (Å²) in [6.07, 6.45) is 3.30. The SMILES string of the molecule is COc1ccc(-c2nc(C)c(C(=O)/C=C/c3cc(C#N)n(C)c3C)s2)cc1. The maximum absolute atomic E-state index is 12.6. The van der Waals surface area contributed by atoms with Crippen LogP contribution in [0.4, 0.5) is 0 Å². The summed E-state index contributed by atoms with van der Waals surface area (Å²) in [4.78, 5) is 17.8. The number of benzene rings is 1. The predicted octanol–water partition coefficient (Wildman–Crippen LogP) is 4.54. The zero-order valence-electron chi connectivity index (χ0n) is 15.6. The number of nitriles is 1. The average Bonchev–Trinajstić information content (AvgIpc) is 3.20. The Kier molecular flexibility index (Phi) is 5.24. The summed E-state index contributed by atoms with van der Waals surface area (Å²) in [6, 6.07) is 11.5. The van der Waals surface area contributed by atoms with E-state index in [2.05, 4.69) is 11.1 Å². The standard InChI is InChI=1S/C21H19N3O2S/c1-13-20(27-21(23-13)15-5-8-18(26-4)9-6-15)19(25)10-7-16-11-17(12-22)24(3)14(16)2/h5-11H,1-4H3/b10-7+. The van der Waals surface area contributed by atoms with E-state index in [0.29, 0.717) is 16.3 Å². The molecule has 6 heteroatoms. The van der Waals surface area contributed by atoms with Gasteiger partial charge in [0.25, 0.3) is 0 Å². The molecular weight excluding hydrogens is 358 g/mol. The maximum atomic E-state index is 12.6. The molecule has 0 aliphatic heterocycles. The third-order valence-corrected chi connectivity index (χ3v) is 5.68. The van der Waals surface area contributed by atoms with Crippen LogP contribution in [0.3, 0.4) is 0 Å². The predicted molar refractivity (Wildman–Crippen MR) is 107 cm³/mol. The number of aryl methyl sites for hydroxylation is 1. The first kappa shape index (κ1) is 18.6. The lowest BCUT2D eigenvalue weighted by Gasteiger charge is -1.99. The van der Waals surface area contributed by atoms with Crippen LogP contribution in [0.25, 0.3) is 16.6 Å². The topological polar surface area (TPSA) is 67.9 Å². The largest absolute Gasteiger partial charge is 0.497 e. The van der Waals surface area contributed by atoms with Gasteiger partial charge in [0.15, 0.2) is 5.78 Å². The van der Waals surface area contributed by atoms with Gasteiger partial charge in [-0.15, -0.1) is 11.3 Å². The number of carbonyl (C=O) groups excluding carboxylic acids is 1. The van der Waals surface area contributed by atoms with Gasteiger partial charge >= 0.3 is 0 Å². The summed E-state index contributed by atoms with van der Waals surface area (Å²) in [5.74, 6) is 0.688. The highest BCUT2D eigenvalue weighted by molar-refractivity contribution is 7.17. The van der Waals surface area contributed by atoms with Crippen LogP contribution in [0.2, 0.25) is 0 Å². The lowest BCUT2D eigenvalue weighted by atomic mass is 10.2. The van der Waals surface area contributed by atoms with E-state index in [1.54, 1.807) is 25.3 Å². The number of aromatic nitrogens is 2. The lowest BCUT2D eigenvalue weighted by Crippen LogP contribution is -1.94. The second kappa shape index (κ2) is 7.60. The molecule has 0 radical (unpaired) electrons. The van der Waals surface area contributed by atoms with Crippen molar-refractivity contribution in [1.82, 2.24) is 9.55 Å². The first-order chi connectivity index (χ1) is 12.9. The molecule has 2 heterocycles. The number of hydrogen-bond donors (Lipinski definition) is 0. The fourth-order valence-electron chi connectivity index (χ4n) is 2.72. The zero-order valence-corrected chi connectivity index (χ0v) is 16.4. The second-order valence-corrected chi connectivity index (χ2v) is 7.10. The molecule has 0 aliphatic rings. The number of ether oxygens (including phenoxy) is 1. The molecule has 0 amide bonds. The Morgan fingerprint density at radius 3 is 2.59 bits per heavy atom. The summed E-state index contributed by atoms with van der Waals surface area (Å²) in [5, 5.41) is 9.92. The molecule has 0 spiro atoms. The Morgan fingerprint density at radius 1 is 1.30 bits per heavy atom. The van der Waals surface area contributed by atoms with Crippen molar-refractivity contribution in [2.45, 2.75) is 13.8 Å². The third-order valence-electron chi connectivity index (χ3n) is 4.46. The monoisotopic (exact) mass is 377 g/mol. The molecule has 3 rings (SSSR count). The van der Waals surface area contributed by atoms with Crippen molar-refractivity contribution in [3.05, 3.63) is 63.9 Å². The molecule has 0 bridgehead atoms. The number of carbonyl (C=O) groups is 1. The molecule has 0 unspecified atom stereocenters. The molecule has 0 fully saturated rings. The molecule has 136 valence electrons. The highest BCUT2D eigenvalue weighted by atomic mass is 32.1. The fraction of sp³-hybridized carbons (Fsp3) is 0.190. The van der Waals surface area contributed by atoms with E-state index in [1.165, 1.54) is 11.3 Å². The minimum atomic E-state index is -0.0912. The average molecular weight is 377 g/mol. The molecule has 5 nitrogen and oxygen atoms in total. The second-order valence-electron chi connectivity index (χ2n) is 6.10. The zero-order chi connectivity index (χ0) is 19.6. The van der Waals surface area contributed by atoms with Crippen molar-refractivity contribution in [3.8, 4) is 22.4 Å². The highest BCUT2D eigenvalue weighted by Crippen LogP contribution is 2.30. The lowest BCUT2D eigenvalue weighted by molar-refractivity contribution is 0.105. The summed E-state index contributed by atoms with van der Waals surface area (Å²) >= 11 is 1.38. The summed E-state index contributed by atoms with van der Waals surface area (Å²) < 4.78 is 6.98. The Bertz CT molecular complexity index is 1070. The first-order valence-corrected chi connectivity index (χ1v) is 9.17. The number of allylic oxidation sites excluding steroid dienone is 1. The minimum Gasteiger partial charge on any atom is -0.497 e. The van der Waals surface area contributed by atoms with Gasteiger partial charge in [0, 0.05) is 18.3 Å². The van der Waals surface area contributed by atoms with E-state index in [0.717, 1.165) is 27.6 Å². The number of nitrogens with zero attached hydrogens (tertiary/aromatic N) is 3. The molecule has 0 saturated carbocycles. The van der Waals surface area contributed by atoms with E-state index >= 15 is 0 Å². The van der Waals surface area contributed by atoms with Crippen LogP contribution in [-0.4, -0.2) is 22.4 Å². The van der Waals surface area contributed by atoms with Gasteiger partial charge < -0.3 is 9.30 Å². The van der Waals surface area contributed by atoms with Gasteiger partial charge in [-0.05, 0) is 61.9 Å². The van der Waals surface area contributed by atoms with Gasteiger partial charge in [0.1, 0.15) is 22.5 Å².